The van der Waals surface area contributed by atoms with Crippen LogP contribution in [0.2, 0.25) is 0 Å². The van der Waals surface area contributed by atoms with Crippen LogP contribution in [0.4, 0.5) is 11.5 Å². The summed E-state index contributed by atoms with van der Waals surface area (Å²) in [5, 5.41) is 10.8. The molecule has 0 radical (unpaired) electrons. The van der Waals surface area contributed by atoms with Gasteiger partial charge in [0.05, 0.1) is 10.5 Å². The van der Waals surface area contributed by atoms with E-state index in [-0.39, 0.29) is 17.3 Å². The number of pyridine rings is 1. The molecule has 2 heterocycles. The van der Waals surface area contributed by atoms with Crippen molar-refractivity contribution in [1.29, 1.82) is 0 Å². The molecule has 1 amide bonds. The van der Waals surface area contributed by atoms with Crippen LogP contribution in [-0.4, -0.2) is 34.9 Å². The first kappa shape index (κ1) is 15.2. The standard InChI is InChI=1S/C13H19N5O3/c1-2-8-7-17(4-3-11(8)14)13-10(12(15)19)5-9(6-16-13)18(20)21/h5-6,8,11H,2-4,7,14H2,1H3,(H2,15,19). The molecular formula is C13H19N5O3. The molecule has 114 valence electrons. The summed E-state index contributed by atoms with van der Waals surface area (Å²) in [6, 6.07) is 1.31. The van der Waals surface area contributed by atoms with E-state index in [0.717, 1.165) is 19.0 Å². The highest BCUT2D eigenvalue weighted by Crippen LogP contribution is 2.27. The molecule has 0 saturated carbocycles. The van der Waals surface area contributed by atoms with E-state index in [0.29, 0.717) is 24.8 Å². The van der Waals surface area contributed by atoms with Crippen molar-refractivity contribution in [3.8, 4) is 0 Å². The molecule has 0 aliphatic carbocycles. The van der Waals surface area contributed by atoms with E-state index in [1.165, 1.54) is 6.07 Å². The van der Waals surface area contributed by atoms with Crippen LogP contribution in [0.15, 0.2) is 12.3 Å². The topological polar surface area (TPSA) is 128 Å². The second-order valence-electron chi connectivity index (χ2n) is 5.25. The number of nitro groups is 1. The molecule has 2 unspecified atom stereocenters. The zero-order valence-corrected chi connectivity index (χ0v) is 11.9. The Bertz CT molecular complexity index is 563. The number of anilines is 1. The van der Waals surface area contributed by atoms with E-state index >= 15 is 0 Å². The predicted octanol–water partition coefficient (Wildman–Crippen LogP) is 0.652. The molecule has 4 N–H and O–H groups in total. The molecule has 0 spiro atoms. The first-order valence-corrected chi connectivity index (χ1v) is 6.88. The molecule has 8 heteroatoms. The zero-order valence-electron chi connectivity index (χ0n) is 11.9. The summed E-state index contributed by atoms with van der Waals surface area (Å²) < 4.78 is 0. The number of aromatic nitrogens is 1. The highest BCUT2D eigenvalue weighted by molar-refractivity contribution is 5.98. The fourth-order valence-electron chi connectivity index (χ4n) is 2.65. The first-order chi connectivity index (χ1) is 9.93. The van der Waals surface area contributed by atoms with Crippen LogP contribution in [0.1, 0.15) is 30.1 Å². The van der Waals surface area contributed by atoms with Crippen LogP contribution in [-0.2, 0) is 0 Å². The fraction of sp³-hybridized carbons (Fsp3) is 0.538. The number of nitrogens with two attached hydrogens (primary N) is 2. The summed E-state index contributed by atoms with van der Waals surface area (Å²) in [7, 11) is 0. The Morgan fingerprint density at radius 2 is 2.33 bits per heavy atom. The largest absolute Gasteiger partial charge is 0.365 e. The number of nitrogens with zero attached hydrogens (tertiary/aromatic N) is 3. The van der Waals surface area contributed by atoms with Crippen LogP contribution in [0, 0.1) is 16.0 Å². The highest BCUT2D eigenvalue weighted by Gasteiger charge is 2.29. The van der Waals surface area contributed by atoms with Gasteiger partial charge in [-0.3, -0.25) is 14.9 Å². The maximum absolute atomic E-state index is 11.6. The molecule has 8 nitrogen and oxygen atoms in total. The minimum atomic E-state index is -0.718. The fourth-order valence-corrected chi connectivity index (χ4v) is 2.65. The van der Waals surface area contributed by atoms with Gasteiger partial charge in [-0.25, -0.2) is 4.98 Å². The number of piperidine rings is 1. The monoisotopic (exact) mass is 293 g/mol. The van der Waals surface area contributed by atoms with E-state index in [9.17, 15) is 14.9 Å². The maximum atomic E-state index is 11.6. The molecule has 1 aromatic heterocycles. The second-order valence-corrected chi connectivity index (χ2v) is 5.25. The summed E-state index contributed by atoms with van der Waals surface area (Å²) >= 11 is 0. The molecule has 0 aromatic carbocycles. The van der Waals surface area contributed by atoms with Crippen molar-refractivity contribution in [2.75, 3.05) is 18.0 Å². The predicted molar refractivity (Wildman–Crippen MR) is 78.0 cm³/mol. The summed E-state index contributed by atoms with van der Waals surface area (Å²) in [6.45, 7) is 3.39. The van der Waals surface area contributed by atoms with Crippen molar-refractivity contribution in [3.05, 3.63) is 27.9 Å². The van der Waals surface area contributed by atoms with Crippen molar-refractivity contribution < 1.29 is 9.72 Å². The lowest BCUT2D eigenvalue weighted by atomic mass is 9.90. The van der Waals surface area contributed by atoms with Crippen LogP contribution >= 0.6 is 0 Å². The molecule has 1 aromatic rings. The number of carbonyl (C=O) groups excluding carboxylic acids is 1. The van der Waals surface area contributed by atoms with Gasteiger partial charge in [-0.2, -0.15) is 0 Å². The van der Waals surface area contributed by atoms with Crippen LogP contribution in [0.25, 0.3) is 0 Å². The van der Waals surface area contributed by atoms with Crippen LogP contribution in [0.5, 0.6) is 0 Å². The first-order valence-electron chi connectivity index (χ1n) is 6.88. The average Bonchev–Trinajstić information content (AvgIpc) is 2.47. The molecule has 0 bridgehead atoms. The smallest absolute Gasteiger partial charge is 0.288 e. The van der Waals surface area contributed by atoms with E-state index in [4.69, 9.17) is 11.5 Å². The van der Waals surface area contributed by atoms with Gasteiger partial charge in [-0.1, -0.05) is 13.3 Å². The van der Waals surface area contributed by atoms with Crippen molar-refractivity contribution in [1.82, 2.24) is 4.98 Å². The Kier molecular flexibility index (Phi) is 4.37. The third-order valence-electron chi connectivity index (χ3n) is 3.95. The minimum absolute atomic E-state index is 0.0783. The number of primary amides is 1. The van der Waals surface area contributed by atoms with Crippen molar-refractivity contribution in [3.63, 3.8) is 0 Å². The molecule has 2 atom stereocenters. The molecule has 21 heavy (non-hydrogen) atoms. The summed E-state index contributed by atoms with van der Waals surface area (Å²) in [5.41, 5.74) is 11.2. The average molecular weight is 293 g/mol. The number of hydrogen-bond acceptors (Lipinski definition) is 6. The Morgan fingerprint density at radius 3 is 2.90 bits per heavy atom. The van der Waals surface area contributed by atoms with Gasteiger partial charge in [0, 0.05) is 25.2 Å². The van der Waals surface area contributed by atoms with Crippen LogP contribution < -0.4 is 16.4 Å². The summed E-state index contributed by atoms with van der Waals surface area (Å²) in [4.78, 5) is 27.8. The molecule has 1 saturated heterocycles. The van der Waals surface area contributed by atoms with E-state index in [1.54, 1.807) is 0 Å². The Morgan fingerprint density at radius 1 is 1.62 bits per heavy atom. The van der Waals surface area contributed by atoms with Crippen molar-refractivity contribution in [2.45, 2.75) is 25.8 Å². The Hall–Kier alpha value is -2.22. The quantitative estimate of drug-likeness (QED) is 0.619. The van der Waals surface area contributed by atoms with Gasteiger partial charge in [-0.05, 0) is 12.3 Å². The maximum Gasteiger partial charge on any atom is 0.288 e. The molecule has 1 aliphatic rings. The van der Waals surface area contributed by atoms with Crippen molar-refractivity contribution >= 4 is 17.4 Å². The van der Waals surface area contributed by atoms with Crippen molar-refractivity contribution in [2.24, 2.45) is 17.4 Å². The lowest BCUT2D eigenvalue weighted by Crippen LogP contribution is -2.47. The van der Waals surface area contributed by atoms with Gasteiger partial charge in [0.1, 0.15) is 12.0 Å². The van der Waals surface area contributed by atoms with E-state index < -0.39 is 10.8 Å². The van der Waals surface area contributed by atoms with Gasteiger partial charge >= 0.3 is 0 Å². The van der Waals surface area contributed by atoms with E-state index in [2.05, 4.69) is 11.9 Å². The Balaban J connectivity index is 2.35. The zero-order chi connectivity index (χ0) is 15.6. The van der Waals surface area contributed by atoms with Gasteiger partial charge in [0.25, 0.3) is 11.6 Å². The third kappa shape index (κ3) is 3.10. The lowest BCUT2D eigenvalue weighted by Gasteiger charge is -2.37. The molecule has 2 rings (SSSR count). The summed E-state index contributed by atoms with van der Waals surface area (Å²) in [6.07, 6.45) is 2.86. The third-order valence-corrected chi connectivity index (χ3v) is 3.95. The summed E-state index contributed by atoms with van der Waals surface area (Å²) in [5.74, 6) is -0.0148. The Labute approximate surface area is 122 Å². The number of rotatable bonds is 4. The SMILES string of the molecule is CCC1CN(c2ncc([N+](=O)[O-])cc2C(N)=O)CCC1N. The second kappa shape index (κ2) is 6.04. The van der Waals surface area contributed by atoms with E-state index in [1.807, 2.05) is 4.90 Å². The van der Waals surface area contributed by atoms with Gasteiger partial charge in [-0.15, -0.1) is 0 Å². The molecule has 1 fully saturated rings. The van der Waals surface area contributed by atoms with Crippen LogP contribution in [0.3, 0.4) is 0 Å². The molecular weight excluding hydrogens is 274 g/mol. The molecule has 1 aliphatic heterocycles. The lowest BCUT2D eigenvalue weighted by molar-refractivity contribution is -0.385. The number of carbonyl (C=O) groups is 1. The normalized spacial score (nSPS) is 22.1. The van der Waals surface area contributed by atoms with Gasteiger partial charge in [0.15, 0.2) is 0 Å². The van der Waals surface area contributed by atoms with Gasteiger partial charge in [0.2, 0.25) is 0 Å². The number of hydrogen-bond donors (Lipinski definition) is 2. The van der Waals surface area contributed by atoms with Gasteiger partial charge < -0.3 is 16.4 Å². The highest BCUT2D eigenvalue weighted by atomic mass is 16.6. The number of amides is 1. The minimum Gasteiger partial charge on any atom is -0.365 e.